The molecule has 0 fully saturated rings. The lowest BCUT2D eigenvalue weighted by molar-refractivity contribution is -0.112. The number of rotatable bonds is 8. The van der Waals surface area contributed by atoms with Gasteiger partial charge in [-0.05, 0) is 80.3 Å². The van der Waals surface area contributed by atoms with E-state index in [2.05, 4.69) is 33.4 Å². The van der Waals surface area contributed by atoms with Crippen molar-refractivity contribution < 1.29 is 24.2 Å². The zero-order valence-electron chi connectivity index (χ0n) is 19.7. The second-order valence-corrected chi connectivity index (χ2v) is 8.87. The average Bonchev–Trinajstić information content (AvgIpc) is 2.90. The Morgan fingerprint density at radius 1 is 1.03 bits per heavy atom. The van der Waals surface area contributed by atoms with Crippen molar-refractivity contribution in [3.8, 4) is 17.6 Å². The standard InChI is InChI=1S/C29H21BrN2O5/c1-36-26-14-19(12-23(16-31)28(33)32-24-8-4-7-22(15-24)29(34)35)13-25(30)27(26)37-17-18-9-10-20-5-2-3-6-21(20)11-18/h2-15H,17H2,1H3,(H,32,33)(H,34,35)/b23-12-. The number of halogens is 1. The number of benzene rings is 4. The SMILES string of the molecule is COc1cc(/C=C(/C#N)C(=O)Nc2cccc(C(=O)O)c2)cc(Br)c1OCc1ccc2ccccc2c1. The van der Waals surface area contributed by atoms with Crippen LogP contribution in [0.2, 0.25) is 0 Å². The zero-order valence-corrected chi connectivity index (χ0v) is 21.3. The number of amides is 1. The van der Waals surface area contributed by atoms with Crippen LogP contribution in [0.15, 0.2) is 88.9 Å². The molecule has 0 saturated carbocycles. The monoisotopic (exact) mass is 556 g/mol. The third-order valence-corrected chi connectivity index (χ3v) is 6.08. The Balaban J connectivity index is 1.53. The molecule has 0 spiro atoms. The molecule has 0 saturated heterocycles. The fraction of sp³-hybridized carbons (Fsp3) is 0.0690. The van der Waals surface area contributed by atoms with Gasteiger partial charge >= 0.3 is 5.97 Å². The molecule has 4 aromatic carbocycles. The molecule has 8 heteroatoms. The Labute approximate surface area is 221 Å². The molecule has 37 heavy (non-hydrogen) atoms. The molecule has 2 N–H and O–H groups in total. The second-order valence-electron chi connectivity index (χ2n) is 8.01. The quantitative estimate of drug-likeness (QED) is 0.191. The van der Waals surface area contributed by atoms with Crippen LogP contribution in [0.25, 0.3) is 16.8 Å². The summed E-state index contributed by atoms with van der Waals surface area (Å²) in [6, 6.07) is 25.2. The molecule has 0 radical (unpaired) electrons. The number of anilines is 1. The Kier molecular flexibility index (Phi) is 7.86. The number of nitrogens with one attached hydrogen (secondary N) is 1. The first-order chi connectivity index (χ1) is 17.9. The highest BCUT2D eigenvalue weighted by Gasteiger charge is 2.15. The van der Waals surface area contributed by atoms with Crippen LogP contribution < -0.4 is 14.8 Å². The number of nitriles is 1. The van der Waals surface area contributed by atoms with Crippen molar-refractivity contribution in [2.75, 3.05) is 12.4 Å². The molecule has 0 bridgehead atoms. The average molecular weight is 557 g/mol. The van der Waals surface area contributed by atoms with Crippen LogP contribution in [0, 0.1) is 11.3 Å². The van der Waals surface area contributed by atoms with E-state index in [1.54, 1.807) is 18.2 Å². The van der Waals surface area contributed by atoms with Crippen LogP contribution in [-0.4, -0.2) is 24.1 Å². The lowest BCUT2D eigenvalue weighted by atomic mass is 10.1. The normalized spacial score (nSPS) is 11.0. The molecule has 184 valence electrons. The van der Waals surface area contributed by atoms with Crippen molar-refractivity contribution in [2.45, 2.75) is 6.61 Å². The molecule has 0 unspecified atom stereocenters. The number of hydrogen-bond donors (Lipinski definition) is 2. The maximum atomic E-state index is 12.7. The summed E-state index contributed by atoms with van der Waals surface area (Å²) in [5.74, 6) is -0.877. The van der Waals surface area contributed by atoms with Crippen LogP contribution in [0.4, 0.5) is 5.69 Å². The summed E-state index contributed by atoms with van der Waals surface area (Å²) in [6.07, 6.45) is 1.41. The smallest absolute Gasteiger partial charge is 0.335 e. The number of fused-ring (bicyclic) bond motifs is 1. The Morgan fingerprint density at radius 2 is 1.81 bits per heavy atom. The van der Waals surface area contributed by atoms with Crippen molar-refractivity contribution in [1.29, 1.82) is 5.26 Å². The van der Waals surface area contributed by atoms with Crippen molar-refractivity contribution in [1.82, 2.24) is 0 Å². The highest BCUT2D eigenvalue weighted by Crippen LogP contribution is 2.38. The van der Waals surface area contributed by atoms with E-state index < -0.39 is 11.9 Å². The Bertz CT molecular complexity index is 1570. The van der Waals surface area contributed by atoms with Crippen LogP contribution in [0.3, 0.4) is 0 Å². The fourth-order valence-corrected chi connectivity index (χ4v) is 4.27. The number of carbonyl (C=O) groups excluding carboxylic acids is 1. The molecular formula is C29H21BrN2O5. The maximum absolute atomic E-state index is 12.7. The number of carbonyl (C=O) groups is 2. The minimum absolute atomic E-state index is 0.0215. The summed E-state index contributed by atoms with van der Waals surface area (Å²) in [5, 5.41) is 23.5. The molecule has 7 nitrogen and oxygen atoms in total. The molecule has 0 aliphatic carbocycles. The summed E-state index contributed by atoms with van der Waals surface area (Å²) >= 11 is 3.50. The molecule has 4 aromatic rings. The fourth-order valence-electron chi connectivity index (χ4n) is 3.69. The molecular weight excluding hydrogens is 536 g/mol. The molecule has 0 atom stereocenters. The molecule has 0 aromatic heterocycles. The minimum Gasteiger partial charge on any atom is -0.493 e. The number of nitrogens with zero attached hydrogens (tertiary/aromatic N) is 1. The molecule has 4 rings (SSSR count). The highest BCUT2D eigenvalue weighted by atomic mass is 79.9. The van der Waals surface area contributed by atoms with E-state index >= 15 is 0 Å². The van der Waals surface area contributed by atoms with E-state index in [1.807, 2.05) is 36.4 Å². The second kappa shape index (κ2) is 11.4. The lowest BCUT2D eigenvalue weighted by Gasteiger charge is -2.14. The van der Waals surface area contributed by atoms with Gasteiger partial charge in [0.2, 0.25) is 0 Å². The van der Waals surface area contributed by atoms with Crippen molar-refractivity contribution in [3.05, 3.63) is 106 Å². The minimum atomic E-state index is -1.12. The molecule has 0 aliphatic heterocycles. The van der Waals surface area contributed by atoms with Gasteiger partial charge in [0.1, 0.15) is 18.2 Å². The molecule has 0 heterocycles. The van der Waals surface area contributed by atoms with Gasteiger partial charge in [-0.1, -0.05) is 42.5 Å². The highest BCUT2D eigenvalue weighted by molar-refractivity contribution is 9.10. The Morgan fingerprint density at radius 3 is 2.54 bits per heavy atom. The number of carboxylic acids is 1. The Hall–Kier alpha value is -4.61. The summed E-state index contributed by atoms with van der Waals surface area (Å²) in [4.78, 5) is 23.8. The predicted octanol–water partition coefficient (Wildman–Crippen LogP) is 6.43. The number of ether oxygens (including phenoxy) is 2. The predicted molar refractivity (Wildman–Crippen MR) is 145 cm³/mol. The van der Waals surface area contributed by atoms with Gasteiger partial charge in [-0.15, -0.1) is 0 Å². The number of methoxy groups -OCH3 is 1. The third-order valence-electron chi connectivity index (χ3n) is 5.49. The van der Waals surface area contributed by atoms with Gasteiger partial charge in [-0.3, -0.25) is 4.79 Å². The van der Waals surface area contributed by atoms with E-state index in [4.69, 9.17) is 14.6 Å². The van der Waals surface area contributed by atoms with Crippen LogP contribution in [-0.2, 0) is 11.4 Å². The van der Waals surface area contributed by atoms with E-state index in [1.165, 1.54) is 31.4 Å². The maximum Gasteiger partial charge on any atom is 0.335 e. The van der Waals surface area contributed by atoms with Crippen LogP contribution in [0.5, 0.6) is 11.5 Å². The largest absolute Gasteiger partial charge is 0.493 e. The summed E-state index contributed by atoms with van der Waals surface area (Å²) in [5.41, 5.74) is 1.65. The first kappa shape index (κ1) is 25.5. The van der Waals surface area contributed by atoms with Crippen molar-refractivity contribution >= 4 is 50.3 Å². The summed E-state index contributed by atoms with van der Waals surface area (Å²) in [6.45, 7) is 0.316. The number of hydrogen-bond acceptors (Lipinski definition) is 5. The topological polar surface area (TPSA) is 109 Å². The van der Waals surface area contributed by atoms with Gasteiger partial charge in [0.15, 0.2) is 11.5 Å². The number of carboxylic acid groups (broad SMARTS) is 1. The molecule has 1 amide bonds. The van der Waals surface area contributed by atoms with Crippen molar-refractivity contribution in [2.24, 2.45) is 0 Å². The first-order valence-corrected chi connectivity index (χ1v) is 11.9. The van der Waals surface area contributed by atoms with E-state index in [9.17, 15) is 14.9 Å². The number of aromatic carboxylic acids is 1. The van der Waals surface area contributed by atoms with Crippen LogP contribution in [0.1, 0.15) is 21.5 Å². The lowest BCUT2D eigenvalue weighted by Crippen LogP contribution is -2.14. The van der Waals surface area contributed by atoms with Crippen molar-refractivity contribution in [3.63, 3.8) is 0 Å². The van der Waals surface area contributed by atoms with E-state index in [0.29, 0.717) is 28.1 Å². The summed E-state index contributed by atoms with van der Waals surface area (Å²) in [7, 11) is 1.51. The molecule has 0 aliphatic rings. The van der Waals surface area contributed by atoms with Gasteiger partial charge < -0.3 is 19.9 Å². The van der Waals surface area contributed by atoms with E-state index in [0.717, 1.165) is 16.3 Å². The van der Waals surface area contributed by atoms with Gasteiger partial charge in [-0.25, -0.2) is 4.79 Å². The van der Waals surface area contributed by atoms with Gasteiger partial charge in [0.05, 0.1) is 17.1 Å². The summed E-state index contributed by atoms with van der Waals surface area (Å²) < 4.78 is 12.2. The zero-order chi connectivity index (χ0) is 26.4. The van der Waals surface area contributed by atoms with E-state index in [-0.39, 0.29) is 16.8 Å². The third kappa shape index (κ3) is 6.15. The van der Waals surface area contributed by atoms with Gasteiger partial charge in [0.25, 0.3) is 5.91 Å². The van der Waals surface area contributed by atoms with Gasteiger partial charge in [-0.2, -0.15) is 5.26 Å². The van der Waals surface area contributed by atoms with Gasteiger partial charge in [0, 0.05) is 5.69 Å². The first-order valence-electron chi connectivity index (χ1n) is 11.1. The van der Waals surface area contributed by atoms with Crippen LogP contribution >= 0.6 is 15.9 Å².